The Bertz CT molecular complexity index is 684. The Morgan fingerprint density at radius 2 is 2.24 bits per heavy atom. The summed E-state index contributed by atoms with van der Waals surface area (Å²) in [4.78, 5) is 18.0. The molecule has 0 atom stereocenters. The van der Waals surface area contributed by atoms with Crippen molar-refractivity contribution in [1.82, 2.24) is 10.3 Å². The molecule has 1 aliphatic rings. The number of fused-ring (bicyclic) bond motifs is 1. The average Bonchev–Trinajstić information content (AvgIpc) is 2.54. The number of nitrogens with one attached hydrogen (secondary N) is 1. The number of nitrogens with zero attached hydrogens (tertiary/aromatic N) is 2. The number of anilines is 2. The minimum atomic E-state index is -0.172. The van der Waals surface area contributed by atoms with Crippen LogP contribution in [0.3, 0.4) is 0 Å². The zero-order valence-electron chi connectivity index (χ0n) is 12.0. The van der Waals surface area contributed by atoms with Gasteiger partial charge < -0.3 is 16.0 Å². The Kier molecular flexibility index (Phi) is 3.48. The van der Waals surface area contributed by atoms with Crippen molar-refractivity contribution < 1.29 is 4.79 Å². The molecule has 0 unspecified atom stereocenters. The molecule has 1 aromatic heterocycles. The fourth-order valence-electron chi connectivity index (χ4n) is 2.70. The van der Waals surface area contributed by atoms with Crippen LogP contribution in [0.25, 0.3) is 0 Å². The van der Waals surface area contributed by atoms with Gasteiger partial charge >= 0.3 is 0 Å². The molecule has 3 rings (SSSR count). The third-order valence-corrected chi connectivity index (χ3v) is 3.88. The van der Waals surface area contributed by atoms with Crippen LogP contribution in [0.4, 0.5) is 11.4 Å². The van der Waals surface area contributed by atoms with Crippen LogP contribution in [-0.4, -0.2) is 24.5 Å². The predicted molar refractivity (Wildman–Crippen MR) is 83.2 cm³/mol. The molecule has 0 bridgehead atoms. The maximum Gasteiger partial charge on any atom is 0.269 e. The van der Waals surface area contributed by atoms with E-state index < -0.39 is 0 Å². The van der Waals surface area contributed by atoms with E-state index >= 15 is 0 Å². The van der Waals surface area contributed by atoms with E-state index in [1.54, 1.807) is 13.2 Å². The molecule has 0 saturated carbocycles. The van der Waals surface area contributed by atoms with Gasteiger partial charge in [0.15, 0.2) is 0 Å². The molecule has 0 radical (unpaired) electrons. The number of carbonyl (C=O) groups excluding carboxylic acids is 1. The lowest BCUT2D eigenvalue weighted by molar-refractivity contribution is 0.0958. The summed E-state index contributed by atoms with van der Waals surface area (Å²) in [5, 5.41) is 2.60. The van der Waals surface area contributed by atoms with Crippen LogP contribution in [0.1, 0.15) is 21.6 Å². The van der Waals surface area contributed by atoms with Gasteiger partial charge in [-0.25, -0.2) is 0 Å². The molecular formula is C16H18N4O. The highest BCUT2D eigenvalue weighted by Gasteiger charge is 2.19. The van der Waals surface area contributed by atoms with E-state index in [4.69, 9.17) is 5.73 Å². The number of carbonyl (C=O) groups is 1. The van der Waals surface area contributed by atoms with E-state index in [-0.39, 0.29) is 5.91 Å². The normalized spacial score (nSPS) is 13.7. The molecule has 5 heteroatoms. The number of nitrogens with two attached hydrogens (primary N) is 1. The fourth-order valence-corrected chi connectivity index (χ4v) is 2.70. The first-order valence-electron chi connectivity index (χ1n) is 6.98. The van der Waals surface area contributed by atoms with Crippen molar-refractivity contribution in [2.75, 3.05) is 24.2 Å². The summed E-state index contributed by atoms with van der Waals surface area (Å²) in [5.41, 5.74) is 10.8. The van der Waals surface area contributed by atoms with Gasteiger partial charge in [-0.05, 0) is 35.7 Å². The topological polar surface area (TPSA) is 71.2 Å². The summed E-state index contributed by atoms with van der Waals surface area (Å²) in [6, 6.07) is 9.82. The lowest BCUT2D eigenvalue weighted by Gasteiger charge is -2.31. The van der Waals surface area contributed by atoms with Gasteiger partial charge in [0.1, 0.15) is 5.69 Å². The monoisotopic (exact) mass is 282 g/mol. The lowest BCUT2D eigenvalue weighted by Crippen LogP contribution is -2.31. The highest BCUT2D eigenvalue weighted by molar-refractivity contribution is 5.92. The van der Waals surface area contributed by atoms with Crippen LogP contribution in [0.2, 0.25) is 0 Å². The van der Waals surface area contributed by atoms with Crippen LogP contribution in [-0.2, 0) is 13.0 Å². The van der Waals surface area contributed by atoms with E-state index in [9.17, 15) is 4.79 Å². The van der Waals surface area contributed by atoms with Crippen molar-refractivity contribution in [1.29, 1.82) is 0 Å². The highest BCUT2D eigenvalue weighted by atomic mass is 16.1. The lowest BCUT2D eigenvalue weighted by atomic mass is 9.98. The first kappa shape index (κ1) is 13.4. The van der Waals surface area contributed by atoms with Gasteiger partial charge in [-0.3, -0.25) is 9.78 Å². The maximum atomic E-state index is 11.7. The van der Waals surface area contributed by atoms with Crippen LogP contribution in [0.15, 0.2) is 36.5 Å². The third kappa shape index (κ3) is 2.54. The van der Waals surface area contributed by atoms with E-state index in [1.807, 2.05) is 24.3 Å². The number of hydrogen-bond acceptors (Lipinski definition) is 4. The third-order valence-electron chi connectivity index (χ3n) is 3.88. The first-order valence-corrected chi connectivity index (χ1v) is 6.98. The van der Waals surface area contributed by atoms with Crippen LogP contribution < -0.4 is 16.0 Å². The van der Waals surface area contributed by atoms with E-state index in [2.05, 4.69) is 21.3 Å². The number of aromatic nitrogens is 1. The molecule has 3 N–H and O–H groups in total. The summed E-state index contributed by atoms with van der Waals surface area (Å²) in [5.74, 6) is -0.172. The maximum absolute atomic E-state index is 11.7. The van der Waals surface area contributed by atoms with E-state index in [0.717, 1.165) is 30.9 Å². The van der Waals surface area contributed by atoms with Gasteiger partial charge in [-0.15, -0.1) is 0 Å². The predicted octanol–water partition coefficient (Wildman–Crippen LogP) is 1.59. The summed E-state index contributed by atoms with van der Waals surface area (Å²) >= 11 is 0. The number of nitrogen functional groups attached to an aromatic ring is 1. The Labute approximate surface area is 123 Å². The second kappa shape index (κ2) is 5.44. The molecule has 1 aromatic carbocycles. The van der Waals surface area contributed by atoms with Crippen molar-refractivity contribution in [3.05, 3.63) is 53.3 Å². The molecule has 1 amide bonds. The SMILES string of the molecule is CNC(=O)c1cc(N2CCc3cccc(N)c3C2)ccn1. The minimum Gasteiger partial charge on any atom is -0.398 e. The molecule has 108 valence electrons. The first-order chi connectivity index (χ1) is 10.2. The Morgan fingerprint density at radius 1 is 1.38 bits per heavy atom. The number of rotatable bonds is 2. The fraction of sp³-hybridized carbons (Fsp3) is 0.250. The second-order valence-electron chi connectivity index (χ2n) is 5.13. The van der Waals surface area contributed by atoms with Gasteiger partial charge in [-0.1, -0.05) is 12.1 Å². The molecule has 5 nitrogen and oxygen atoms in total. The van der Waals surface area contributed by atoms with Crippen molar-refractivity contribution >= 4 is 17.3 Å². The highest BCUT2D eigenvalue weighted by Crippen LogP contribution is 2.28. The molecule has 2 aromatic rings. The number of benzene rings is 1. The molecule has 1 aliphatic heterocycles. The van der Waals surface area contributed by atoms with Gasteiger partial charge in [-0.2, -0.15) is 0 Å². The molecule has 0 fully saturated rings. The standard InChI is InChI=1S/C16H18N4O/c1-18-16(21)15-9-12(5-7-19-15)20-8-6-11-3-2-4-14(17)13(11)10-20/h2-5,7,9H,6,8,10,17H2,1H3,(H,18,21). The summed E-state index contributed by atoms with van der Waals surface area (Å²) in [6.07, 6.45) is 2.63. The van der Waals surface area contributed by atoms with E-state index in [1.165, 1.54) is 11.1 Å². The van der Waals surface area contributed by atoms with Crippen molar-refractivity contribution in [3.8, 4) is 0 Å². The smallest absolute Gasteiger partial charge is 0.269 e. The van der Waals surface area contributed by atoms with E-state index in [0.29, 0.717) is 5.69 Å². The Hall–Kier alpha value is -2.56. The molecule has 21 heavy (non-hydrogen) atoms. The zero-order chi connectivity index (χ0) is 14.8. The Balaban J connectivity index is 1.89. The number of hydrogen-bond donors (Lipinski definition) is 2. The summed E-state index contributed by atoms with van der Waals surface area (Å²) in [6.45, 7) is 1.67. The second-order valence-corrected chi connectivity index (χ2v) is 5.13. The molecule has 0 saturated heterocycles. The van der Waals surface area contributed by atoms with Gasteiger partial charge in [0.2, 0.25) is 0 Å². The van der Waals surface area contributed by atoms with Gasteiger partial charge in [0.05, 0.1) is 0 Å². The van der Waals surface area contributed by atoms with Crippen LogP contribution >= 0.6 is 0 Å². The summed E-state index contributed by atoms with van der Waals surface area (Å²) < 4.78 is 0. The largest absolute Gasteiger partial charge is 0.398 e. The number of pyridine rings is 1. The quantitative estimate of drug-likeness (QED) is 0.821. The molecule has 0 spiro atoms. The van der Waals surface area contributed by atoms with Gasteiger partial charge in [0, 0.05) is 37.7 Å². The van der Waals surface area contributed by atoms with Crippen molar-refractivity contribution in [2.45, 2.75) is 13.0 Å². The van der Waals surface area contributed by atoms with Crippen molar-refractivity contribution in [3.63, 3.8) is 0 Å². The molecule has 2 heterocycles. The number of amides is 1. The molecular weight excluding hydrogens is 264 g/mol. The minimum absolute atomic E-state index is 0.172. The summed E-state index contributed by atoms with van der Waals surface area (Å²) in [7, 11) is 1.61. The van der Waals surface area contributed by atoms with Gasteiger partial charge in [0.25, 0.3) is 5.91 Å². The molecule has 0 aliphatic carbocycles. The van der Waals surface area contributed by atoms with Crippen LogP contribution in [0, 0.1) is 0 Å². The zero-order valence-corrected chi connectivity index (χ0v) is 12.0. The van der Waals surface area contributed by atoms with Crippen LogP contribution in [0.5, 0.6) is 0 Å². The van der Waals surface area contributed by atoms with Crippen molar-refractivity contribution in [2.24, 2.45) is 0 Å². The Morgan fingerprint density at radius 3 is 3.05 bits per heavy atom. The average molecular weight is 282 g/mol.